The molecule has 5 rings (SSSR count). The number of carbonyl (C=O) groups is 2. The zero-order chi connectivity index (χ0) is 24.6. The molecule has 10 heteroatoms. The summed E-state index contributed by atoms with van der Waals surface area (Å²) in [7, 11) is -3.88. The fraction of sp³-hybridized carbons (Fsp3) is 0.360. The molecule has 0 bridgehead atoms. The molecule has 35 heavy (non-hydrogen) atoms. The van der Waals surface area contributed by atoms with Gasteiger partial charge in [-0.1, -0.05) is 48.0 Å². The van der Waals surface area contributed by atoms with E-state index < -0.39 is 10.0 Å². The summed E-state index contributed by atoms with van der Waals surface area (Å²) in [6, 6.07) is 12.9. The number of anilines is 1. The van der Waals surface area contributed by atoms with E-state index in [1.807, 2.05) is 23.1 Å². The van der Waals surface area contributed by atoms with Crippen LogP contribution in [0.3, 0.4) is 0 Å². The first-order chi connectivity index (χ1) is 16.8. The molecule has 8 nitrogen and oxygen atoms in total. The minimum atomic E-state index is -3.88. The number of hydrogen-bond acceptors (Lipinski definition) is 5. The van der Waals surface area contributed by atoms with E-state index >= 15 is 0 Å². The van der Waals surface area contributed by atoms with Gasteiger partial charge in [-0.25, -0.2) is 8.42 Å². The third-order valence-electron chi connectivity index (χ3n) is 6.75. The molecule has 0 unspecified atom stereocenters. The number of rotatable bonds is 4. The summed E-state index contributed by atoms with van der Waals surface area (Å²) in [4.78, 5) is 26.4. The minimum absolute atomic E-state index is 0.0158. The van der Waals surface area contributed by atoms with E-state index in [2.05, 4.69) is 23.5 Å². The van der Waals surface area contributed by atoms with Gasteiger partial charge in [0.2, 0.25) is 15.9 Å². The van der Waals surface area contributed by atoms with Crippen molar-refractivity contribution < 1.29 is 22.7 Å². The van der Waals surface area contributed by atoms with Gasteiger partial charge in [0.25, 0.3) is 5.91 Å². The Hall–Kier alpha value is -2.88. The number of amides is 2. The van der Waals surface area contributed by atoms with Crippen molar-refractivity contribution in [2.24, 2.45) is 5.92 Å². The standard InChI is InChI=1S/C25H26ClN3O5S/c26-20-14-21-22(34-16-24(30)27-21)15-23(20)35(32,33)29-12-8-19(9-13-29)25(31)28-10-6-18(7-11-28)17-4-2-1-3-5-17/h1-6,14-15,19H,7-13,16H2,(H,27,30). The topological polar surface area (TPSA) is 96.0 Å². The fourth-order valence-electron chi connectivity index (χ4n) is 4.80. The maximum Gasteiger partial charge on any atom is 0.262 e. The van der Waals surface area contributed by atoms with E-state index in [-0.39, 0.29) is 53.1 Å². The first-order valence-corrected chi connectivity index (χ1v) is 13.4. The number of nitrogens with zero attached hydrogens (tertiary/aromatic N) is 2. The number of benzene rings is 2. The van der Waals surface area contributed by atoms with Gasteiger partial charge in [0.1, 0.15) is 10.6 Å². The summed E-state index contributed by atoms with van der Waals surface area (Å²) in [6.07, 6.45) is 3.83. The van der Waals surface area contributed by atoms with Crippen LogP contribution in [-0.2, 0) is 19.6 Å². The van der Waals surface area contributed by atoms with Crippen LogP contribution < -0.4 is 10.1 Å². The smallest absolute Gasteiger partial charge is 0.262 e. The SMILES string of the molecule is O=C1COc2cc(S(=O)(=O)N3CCC(C(=O)N4CC=C(c5ccccc5)CC4)CC3)c(Cl)cc2N1. The van der Waals surface area contributed by atoms with Crippen molar-refractivity contribution in [1.82, 2.24) is 9.21 Å². The Labute approximate surface area is 209 Å². The summed E-state index contributed by atoms with van der Waals surface area (Å²) in [6.45, 7) is 1.54. The minimum Gasteiger partial charge on any atom is -0.482 e. The van der Waals surface area contributed by atoms with Gasteiger partial charge >= 0.3 is 0 Å². The molecule has 1 fully saturated rings. The first kappa shape index (κ1) is 23.8. The Bertz CT molecular complexity index is 1290. The molecule has 3 heterocycles. The van der Waals surface area contributed by atoms with Crippen LogP contribution in [-0.4, -0.2) is 62.2 Å². The predicted octanol–water partition coefficient (Wildman–Crippen LogP) is 3.39. The molecule has 1 N–H and O–H groups in total. The maximum atomic E-state index is 13.3. The van der Waals surface area contributed by atoms with Gasteiger partial charge in [-0.15, -0.1) is 0 Å². The van der Waals surface area contributed by atoms with Crippen LogP contribution in [0.15, 0.2) is 53.4 Å². The van der Waals surface area contributed by atoms with E-state index in [0.717, 1.165) is 6.42 Å². The lowest BCUT2D eigenvalue weighted by Gasteiger charge is -2.35. The van der Waals surface area contributed by atoms with Crippen molar-refractivity contribution in [3.05, 3.63) is 59.1 Å². The molecular weight excluding hydrogens is 490 g/mol. The van der Waals surface area contributed by atoms with Crippen LogP contribution in [0.25, 0.3) is 5.57 Å². The van der Waals surface area contributed by atoms with Gasteiger partial charge in [-0.3, -0.25) is 9.59 Å². The molecule has 0 aromatic heterocycles. The van der Waals surface area contributed by atoms with E-state index in [1.54, 1.807) is 0 Å². The third-order valence-corrected chi connectivity index (χ3v) is 9.12. The number of halogens is 1. The lowest BCUT2D eigenvalue weighted by atomic mass is 9.94. The Kier molecular flexibility index (Phi) is 6.57. The fourth-order valence-corrected chi connectivity index (χ4v) is 6.79. The van der Waals surface area contributed by atoms with Crippen molar-refractivity contribution in [3.63, 3.8) is 0 Å². The summed E-state index contributed by atoms with van der Waals surface area (Å²) >= 11 is 6.27. The van der Waals surface area contributed by atoms with Crippen molar-refractivity contribution in [3.8, 4) is 5.75 Å². The summed E-state index contributed by atoms with van der Waals surface area (Å²) < 4.78 is 33.3. The first-order valence-electron chi connectivity index (χ1n) is 11.6. The second kappa shape index (κ2) is 9.64. The van der Waals surface area contributed by atoms with Crippen LogP contribution in [0.1, 0.15) is 24.8 Å². The molecule has 0 spiro atoms. The number of fused-ring (bicyclic) bond motifs is 1. The molecular formula is C25H26ClN3O5S. The average Bonchev–Trinajstić information content (AvgIpc) is 2.88. The molecule has 3 aliphatic heterocycles. The second-order valence-electron chi connectivity index (χ2n) is 8.92. The normalized spacial score (nSPS) is 19.4. The zero-order valence-corrected chi connectivity index (χ0v) is 20.6. The van der Waals surface area contributed by atoms with Crippen LogP contribution in [0, 0.1) is 5.92 Å². The molecule has 0 radical (unpaired) electrons. The van der Waals surface area contributed by atoms with Crippen molar-refractivity contribution in [1.29, 1.82) is 0 Å². The van der Waals surface area contributed by atoms with E-state index in [9.17, 15) is 18.0 Å². The predicted molar refractivity (Wildman–Crippen MR) is 133 cm³/mol. The van der Waals surface area contributed by atoms with E-state index in [0.29, 0.717) is 31.6 Å². The molecule has 2 aromatic rings. The van der Waals surface area contributed by atoms with Gasteiger partial charge in [-0.2, -0.15) is 4.31 Å². The quantitative estimate of drug-likeness (QED) is 0.673. The number of piperidine rings is 1. The number of carbonyl (C=O) groups excluding carboxylic acids is 2. The molecule has 0 saturated carbocycles. The number of hydrogen-bond donors (Lipinski definition) is 1. The van der Waals surface area contributed by atoms with E-state index in [1.165, 1.54) is 27.6 Å². The summed E-state index contributed by atoms with van der Waals surface area (Å²) in [5, 5.41) is 2.63. The van der Waals surface area contributed by atoms with Gasteiger partial charge < -0.3 is 15.0 Å². The van der Waals surface area contributed by atoms with Gasteiger partial charge in [0, 0.05) is 38.2 Å². The highest BCUT2D eigenvalue weighted by Gasteiger charge is 2.36. The largest absolute Gasteiger partial charge is 0.482 e. The monoisotopic (exact) mass is 515 g/mol. The van der Waals surface area contributed by atoms with Gasteiger partial charge in [0.05, 0.1) is 10.7 Å². The van der Waals surface area contributed by atoms with Crippen LogP contribution in [0.2, 0.25) is 5.02 Å². The highest BCUT2D eigenvalue weighted by atomic mass is 35.5. The molecule has 2 amide bonds. The molecule has 3 aliphatic rings. The summed E-state index contributed by atoms with van der Waals surface area (Å²) in [5.74, 6) is -0.172. The highest BCUT2D eigenvalue weighted by molar-refractivity contribution is 7.89. The zero-order valence-electron chi connectivity index (χ0n) is 19.1. The molecule has 0 atom stereocenters. The third kappa shape index (κ3) is 4.80. The molecule has 1 saturated heterocycles. The van der Waals surface area contributed by atoms with Crippen molar-refractivity contribution >= 4 is 44.7 Å². The average molecular weight is 516 g/mol. The van der Waals surface area contributed by atoms with Gasteiger partial charge in [0.15, 0.2) is 6.61 Å². The number of nitrogens with one attached hydrogen (secondary N) is 1. The van der Waals surface area contributed by atoms with Crippen molar-refractivity contribution in [2.75, 3.05) is 38.1 Å². The Balaban J connectivity index is 1.22. The van der Waals surface area contributed by atoms with Crippen molar-refractivity contribution in [2.45, 2.75) is 24.2 Å². The number of sulfonamides is 1. The Morgan fingerprint density at radius 2 is 1.83 bits per heavy atom. The lowest BCUT2D eigenvalue weighted by Crippen LogP contribution is -2.45. The highest BCUT2D eigenvalue weighted by Crippen LogP contribution is 2.37. The van der Waals surface area contributed by atoms with E-state index in [4.69, 9.17) is 16.3 Å². The Morgan fingerprint density at radius 3 is 2.51 bits per heavy atom. The maximum absolute atomic E-state index is 13.3. The van der Waals surface area contributed by atoms with Crippen LogP contribution >= 0.6 is 11.6 Å². The lowest BCUT2D eigenvalue weighted by molar-refractivity contribution is -0.136. The molecule has 184 valence electrons. The van der Waals surface area contributed by atoms with Crippen LogP contribution in [0.4, 0.5) is 5.69 Å². The molecule has 0 aliphatic carbocycles. The second-order valence-corrected chi connectivity index (χ2v) is 11.2. The number of ether oxygens (including phenoxy) is 1. The van der Waals surface area contributed by atoms with Gasteiger partial charge in [-0.05, 0) is 36.5 Å². The summed E-state index contributed by atoms with van der Waals surface area (Å²) in [5.41, 5.74) is 2.79. The molecule has 2 aromatic carbocycles. The van der Waals surface area contributed by atoms with Crippen LogP contribution in [0.5, 0.6) is 5.75 Å². The Morgan fingerprint density at radius 1 is 1.09 bits per heavy atom.